The minimum atomic E-state index is -0.523. The van der Waals surface area contributed by atoms with Crippen molar-refractivity contribution in [1.29, 1.82) is 0 Å². The second-order valence-electron chi connectivity index (χ2n) is 8.44. The van der Waals surface area contributed by atoms with Crippen LogP contribution in [0.3, 0.4) is 0 Å². The summed E-state index contributed by atoms with van der Waals surface area (Å²) in [6.45, 7) is 2.54. The lowest BCUT2D eigenvalue weighted by atomic mass is 10.1. The molecule has 1 atom stereocenters. The molecule has 1 aliphatic rings. The van der Waals surface area contributed by atoms with Crippen LogP contribution in [-0.2, 0) is 11.4 Å². The highest BCUT2D eigenvalue weighted by atomic mass is 19.1. The minimum absolute atomic E-state index is 0.137. The number of likely N-dealkylation sites (tertiary alicyclic amines) is 1. The molecule has 2 aromatic heterocycles. The number of carbonyl (C=O) groups excluding carboxylic acids is 1. The topological polar surface area (TPSA) is 69.0 Å². The number of fused-ring (bicyclic) bond motifs is 1. The predicted molar refractivity (Wildman–Crippen MR) is 133 cm³/mol. The van der Waals surface area contributed by atoms with Crippen LogP contribution < -0.4 is 9.47 Å². The summed E-state index contributed by atoms with van der Waals surface area (Å²) in [4.78, 5) is 23.6. The molecule has 0 N–H and O–H groups in total. The predicted octanol–water partition coefficient (Wildman–Crippen LogP) is 4.81. The Morgan fingerprint density at radius 2 is 2.00 bits per heavy atom. The van der Waals surface area contributed by atoms with Crippen LogP contribution in [0.2, 0.25) is 0 Å². The van der Waals surface area contributed by atoms with Crippen LogP contribution in [0.4, 0.5) is 4.39 Å². The molecule has 0 aliphatic carbocycles. The average Bonchev–Trinajstić information content (AvgIpc) is 3.54. The van der Waals surface area contributed by atoms with Crippen LogP contribution in [-0.4, -0.2) is 38.8 Å². The van der Waals surface area contributed by atoms with Gasteiger partial charge in [0.25, 0.3) is 5.91 Å². The highest BCUT2D eigenvalue weighted by Crippen LogP contribution is 2.35. The molecule has 7 nitrogen and oxygen atoms in total. The van der Waals surface area contributed by atoms with Gasteiger partial charge in [-0.3, -0.25) is 14.2 Å². The van der Waals surface area contributed by atoms with E-state index >= 15 is 0 Å². The van der Waals surface area contributed by atoms with E-state index in [9.17, 15) is 9.18 Å². The summed E-state index contributed by atoms with van der Waals surface area (Å²) in [6, 6.07) is 12.4. The number of nitrogens with zero attached hydrogens (tertiary/aromatic N) is 4. The van der Waals surface area contributed by atoms with E-state index in [-0.39, 0.29) is 30.1 Å². The summed E-state index contributed by atoms with van der Waals surface area (Å²) in [5, 5.41) is 0. The van der Waals surface area contributed by atoms with Crippen molar-refractivity contribution >= 4 is 11.4 Å². The average molecular weight is 485 g/mol. The number of halogens is 1. The van der Waals surface area contributed by atoms with Gasteiger partial charge in [0, 0.05) is 24.5 Å². The third-order valence-electron chi connectivity index (χ3n) is 6.29. The number of aromatic nitrogens is 3. The lowest BCUT2D eigenvalue weighted by Gasteiger charge is -2.21. The van der Waals surface area contributed by atoms with Crippen molar-refractivity contribution in [2.75, 3.05) is 13.7 Å². The SMILES string of the molecule is CC#CC(=O)N1CCCC1c1nc(-c2ccc(COc3cccc(OC)c3F)cc2)c2cnccn12. The maximum atomic E-state index is 14.4. The zero-order valence-corrected chi connectivity index (χ0v) is 20.1. The Bertz CT molecular complexity index is 1470. The summed E-state index contributed by atoms with van der Waals surface area (Å²) in [5.74, 6) is 5.74. The van der Waals surface area contributed by atoms with E-state index in [1.807, 2.05) is 34.9 Å². The molecule has 0 bridgehead atoms. The molecule has 1 fully saturated rings. The van der Waals surface area contributed by atoms with Gasteiger partial charge in [0.1, 0.15) is 12.4 Å². The van der Waals surface area contributed by atoms with Crippen molar-refractivity contribution < 1.29 is 18.7 Å². The van der Waals surface area contributed by atoms with Crippen LogP contribution in [0.5, 0.6) is 11.5 Å². The number of carbonyl (C=O) groups is 1. The number of rotatable bonds is 6. The number of benzene rings is 2. The van der Waals surface area contributed by atoms with Crippen LogP contribution in [0.15, 0.2) is 61.1 Å². The zero-order chi connectivity index (χ0) is 25.1. The van der Waals surface area contributed by atoms with Gasteiger partial charge in [0.05, 0.1) is 30.6 Å². The monoisotopic (exact) mass is 484 g/mol. The number of amides is 1. The van der Waals surface area contributed by atoms with E-state index in [0.717, 1.165) is 41.0 Å². The van der Waals surface area contributed by atoms with E-state index in [1.165, 1.54) is 7.11 Å². The zero-order valence-electron chi connectivity index (χ0n) is 20.1. The summed E-state index contributed by atoms with van der Waals surface area (Å²) >= 11 is 0. The molecule has 182 valence electrons. The molecule has 0 spiro atoms. The number of methoxy groups -OCH3 is 1. The Labute approximate surface area is 208 Å². The molecule has 8 heteroatoms. The van der Waals surface area contributed by atoms with Gasteiger partial charge in [0.2, 0.25) is 5.82 Å². The maximum absolute atomic E-state index is 14.4. The number of ether oxygens (including phenoxy) is 2. The third kappa shape index (κ3) is 4.36. The van der Waals surface area contributed by atoms with Crippen molar-refractivity contribution in [3.8, 4) is 34.6 Å². The van der Waals surface area contributed by atoms with Gasteiger partial charge in [-0.1, -0.05) is 36.3 Å². The lowest BCUT2D eigenvalue weighted by molar-refractivity contribution is -0.126. The first-order chi connectivity index (χ1) is 17.6. The normalized spacial score (nSPS) is 15.0. The lowest BCUT2D eigenvalue weighted by Crippen LogP contribution is -2.30. The third-order valence-corrected chi connectivity index (χ3v) is 6.29. The molecule has 5 rings (SSSR count). The fourth-order valence-corrected chi connectivity index (χ4v) is 4.55. The first-order valence-electron chi connectivity index (χ1n) is 11.7. The smallest absolute Gasteiger partial charge is 0.299 e. The van der Waals surface area contributed by atoms with E-state index < -0.39 is 5.82 Å². The highest BCUT2D eigenvalue weighted by Gasteiger charge is 2.33. The maximum Gasteiger partial charge on any atom is 0.299 e. The van der Waals surface area contributed by atoms with E-state index in [4.69, 9.17) is 14.5 Å². The number of imidazole rings is 1. The fraction of sp³-hybridized carbons (Fsp3) is 0.250. The van der Waals surface area contributed by atoms with E-state index in [2.05, 4.69) is 16.8 Å². The van der Waals surface area contributed by atoms with Crippen molar-refractivity contribution in [1.82, 2.24) is 19.3 Å². The molecule has 36 heavy (non-hydrogen) atoms. The van der Waals surface area contributed by atoms with Gasteiger partial charge in [-0.05, 0) is 43.4 Å². The van der Waals surface area contributed by atoms with Crippen LogP contribution in [0.1, 0.15) is 37.2 Å². The van der Waals surface area contributed by atoms with Crippen molar-refractivity contribution in [2.45, 2.75) is 32.4 Å². The molecule has 1 unspecified atom stereocenters. The Kier molecular flexibility index (Phi) is 6.54. The summed E-state index contributed by atoms with van der Waals surface area (Å²) in [6.07, 6.45) is 7.10. The molecule has 3 heterocycles. The second-order valence-corrected chi connectivity index (χ2v) is 8.44. The van der Waals surface area contributed by atoms with Crippen molar-refractivity contribution in [3.63, 3.8) is 0 Å². The standard InChI is InChI=1S/C28H25FN4O3/c1-3-6-25(34)32-15-5-7-21(32)28-31-27(22-17-30-14-16-33(22)28)20-12-10-19(11-13-20)18-36-24-9-4-8-23(35-2)26(24)29/h4,8-14,16-17,21H,5,7,15,18H2,1-2H3. The molecule has 2 aromatic carbocycles. The largest absolute Gasteiger partial charge is 0.494 e. The second kappa shape index (κ2) is 10.1. The fourth-order valence-electron chi connectivity index (χ4n) is 4.55. The Morgan fingerprint density at radius 1 is 1.19 bits per heavy atom. The molecule has 1 amide bonds. The summed E-state index contributed by atoms with van der Waals surface area (Å²) < 4.78 is 27.0. The Balaban J connectivity index is 1.41. The highest BCUT2D eigenvalue weighted by molar-refractivity contribution is 5.94. The van der Waals surface area contributed by atoms with Gasteiger partial charge in [0.15, 0.2) is 11.5 Å². The van der Waals surface area contributed by atoms with Crippen LogP contribution in [0.25, 0.3) is 16.8 Å². The Hall–Kier alpha value is -4.38. The van der Waals surface area contributed by atoms with Gasteiger partial charge < -0.3 is 14.4 Å². The summed E-state index contributed by atoms with van der Waals surface area (Å²) in [7, 11) is 1.42. The first-order valence-corrected chi connectivity index (χ1v) is 11.7. The van der Waals surface area contributed by atoms with Crippen molar-refractivity contribution in [3.05, 3.63) is 78.3 Å². The molecule has 0 saturated carbocycles. The van der Waals surface area contributed by atoms with Gasteiger partial charge >= 0.3 is 0 Å². The molecule has 1 aliphatic heterocycles. The van der Waals surface area contributed by atoms with Gasteiger partial charge in [-0.2, -0.15) is 4.39 Å². The quantitative estimate of drug-likeness (QED) is 0.368. The minimum Gasteiger partial charge on any atom is -0.494 e. The molecule has 1 saturated heterocycles. The molecular formula is C28H25FN4O3. The van der Waals surface area contributed by atoms with Crippen LogP contribution >= 0.6 is 0 Å². The number of hydrogen-bond donors (Lipinski definition) is 0. The van der Waals surface area contributed by atoms with Crippen molar-refractivity contribution in [2.24, 2.45) is 0 Å². The first kappa shape index (κ1) is 23.4. The van der Waals surface area contributed by atoms with Gasteiger partial charge in [-0.25, -0.2) is 4.98 Å². The van der Waals surface area contributed by atoms with Crippen LogP contribution in [0, 0.1) is 17.7 Å². The summed E-state index contributed by atoms with van der Waals surface area (Å²) in [5.41, 5.74) is 3.43. The number of hydrogen-bond acceptors (Lipinski definition) is 5. The molecule has 0 radical (unpaired) electrons. The van der Waals surface area contributed by atoms with E-state index in [1.54, 1.807) is 42.4 Å². The molecule has 4 aromatic rings. The van der Waals surface area contributed by atoms with E-state index in [0.29, 0.717) is 6.54 Å². The molecular weight excluding hydrogens is 459 g/mol. The van der Waals surface area contributed by atoms with Gasteiger partial charge in [-0.15, -0.1) is 0 Å². The Morgan fingerprint density at radius 3 is 2.78 bits per heavy atom.